The lowest BCUT2D eigenvalue weighted by Gasteiger charge is -2.34. The van der Waals surface area contributed by atoms with E-state index in [0.717, 1.165) is 22.4 Å². The molecule has 1 heterocycles. The second-order valence-corrected chi connectivity index (χ2v) is 6.35. The van der Waals surface area contributed by atoms with Crippen LogP contribution in [0.25, 0.3) is 0 Å². The van der Waals surface area contributed by atoms with E-state index in [9.17, 15) is 15.2 Å². The Morgan fingerprint density at radius 2 is 1.69 bits per heavy atom. The molecule has 3 aromatic carbocycles. The molecule has 2 unspecified atom stereocenters. The summed E-state index contributed by atoms with van der Waals surface area (Å²) in [5, 5.41) is 21.1. The highest BCUT2D eigenvalue weighted by atomic mass is 16.6. The standard InChI is InChI=1S/C21H17NO4/c23-19-11-10-15(12-18(19)22(24)25)21-16-8-4-5-9-20(16)26-13-17(21)14-6-2-1-3-7-14/h1-12,17,21,23H,13H2. The summed E-state index contributed by atoms with van der Waals surface area (Å²) < 4.78 is 5.96. The minimum Gasteiger partial charge on any atom is -0.502 e. The number of ether oxygens (including phenoxy) is 1. The van der Waals surface area contributed by atoms with E-state index >= 15 is 0 Å². The summed E-state index contributed by atoms with van der Waals surface area (Å²) >= 11 is 0. The van der Waals surface area contributed by atoms with E-state index in [1.54, 1.807) is 6.07 Å². The van der Waals surface area contributed by atoms with Crippen LogP contribution in [-0.4, -0.2) is 16.6 Å². The molecule has 0 saturated heterocycles. The average Bonchev–Trinajstić information content (AvgIpc) is 2.68. The molecule has 0 bridgehead atoms. The van der Waals surface area contributed by atoms with Gasteiger partial charge in [0.1, 0.15) is 5.75 Å². The number of phenols is 1. The molecule has 0 saturated carbocycles. The first-order chi connectivity index (χ1) is 12.6. The number of nitro benzene ring substituents is 1. The van der Waals surface area contributed by atoms with Crippen LogP contribution >= 0.6 is 0 Å². The molecule has 5 heteroatoms. The fourth-order valence-electron chi connectivity index (χ4n) is 3.64. The summed E-state index contributed by atoms with van der Waals surface area (Å²) in [6, 6.07) is 22.4. The zero-order valence-electron chi connectivity index (χ0n) is 13.9. The fourth-order valence-corrected chi connectivity index (χ4v) is 3.64. The van der Waals surface area contributed by atoms with Crippen molar-refractivity contribution in [1.29, 1.82) is 0 Å². The van der Waals surface area contributed by atoms with Gasteiger partial charge in [0.15, 0.2) is 5.75 Å². The molecule has 0 fully saturated rings. The van der Waals surface area contributed by atoms with Gasteiger partial charge in [-0.25, -0.2) is 0 Å². The van der Waals surface area contributed by atoms with E-state index in [4.69, 9.17) is 4.74 Å². The monoisotopic (exact) mass is 347 g/mol. The molecule has 0 aliphatic carbocycles. The lowest BCUT2D eigenvalue weighted by molar-refractivity contribution is -0.385. The van der Waals surface area contributed by atoms with Gasteiger partial charge in [0.25, 0.3) is 0 Å². The first-order valence-electron chi connectivity index (χ1n) is 8.39. The first kappa shape index (κ1) is 16.1. The van der Waals surface area contributed by atoms with E-state index in [1.165, 1.54) is 12.1 Å². The van der Waals surface area contributed by atoms with Crippen molar-refractivity contribution in [2.24, 2.45) is 0 Å². The van der Waals surface area contributed by atoms with Gasteiger partial charge < -0.3 is 9.84 Å². The molecule has 0 aromatic heterocycles. The number of benzene rings is 3. The van der Waals surface area contributed by atoms with E-state index in [1.807, 2.05) is 54.6 Å². The summed E-state index contributed by atoms with van der Waals surface area (Å²) in [4.78, 5) is 10.7. The van der Waals surface area contributed by atoms with Crippen LogP contribution in [0.15, 0.2) is 72.8 Å². The zero-order valence-corrected chi connectivity index (χ0v) is 13.9. The third kappa shape index (κ3) is 2.77. The van der Waals surface area contributed by atoms with Gasteiger partial charge in [0.2, 0.25) is 0 Å². The molecule has 4 rings (SSSR count). The highest BCUT2D eigenvalue weighted by Gasteiger charge is 2.34. The normalized spacial score (nSPS) is 18.6. The number of rotatable bonds is 3. The SMILES string of the molecule is O=[N+]([O-])c1cc(C2c3ccccc3OCC2c2ccccc2)ccc1O. The van der Waals surface area contributed by atoms with E-state index in [2.05, 4.69) is 0 Å². The highest BCUT2D eigenvalue weighted by Crippen LogP contribution is 2.47. The number of para-hydroxylation sites is 1. The lowest BCUT2D eigenvalue weighted by atomic mass is 9.76. The Hall–Kier alpha value is -3.34. The summed E-state index contributed by atoms with van der Waals surface area (Å²) in [5.74, 6) is 0.396. The molecule has 130 valence electrons. The summed E-state index contributed by atoms with van der Waals surface area (Å²) in [6.07, 6.45) is 0. The number of nitrogens with zero attached hydrogens (tertiary/aromatic N) is 1. The molecule has 2 atom stereocenters. The topological polar surface area (TPSA) is 72.6 Å². The van der Waals surface area contributed by atoms with Crippen LogP contribution in [0.2, 0.25) is 0 Å². The Labute approximate surface area is 150 Å². The molecule has 0 radical (unpaired) electrons. The molecule has 1 aliphatic rings. The second kappa shape index (κ2) is 6.52. The maximum absolute atomic E-state index is 11.3. The fraction of sp³-hybridized carbons (Fsp3) is 0.143. The number of hydrogen-bond acceptors (Lipinski definition) is 4. The number of fused-ring (bicyclic) bond motifs is 1. The van der Waals surface area contributed by atoms with Gasteiger partial charge in [-0.3, -0.25) is 10.1 Å². The van der Waals surface area contributed by atoms with Crippen LogP contribution in [0, 0.1) is 10.1 Å². The minimum absolute atomic E-state index is 0.0234. The Kier molecular flexibility index (Phi) is 4.05. The molecule has 26 heavy (non-hydrogen) atoms. The molecular formula is C21H17NO4. The molecule has 1 N–H and O–H groups in total. The third-order valence-corrected chi connectivity index (χ3v) is 4.86. The van der Waals surface area contributed by atoms with Crippen LogP contribution in [0.5, 0.6) is 11.5 Å². The predicted octanol–water partition coefficient (Wildman–Crippen LogP) is 4.61. The van der Waals surface area contributed by atoms with Gasteiger partial charge in [-0.1, -0.05) is 54.6 Å². The van der Waals surface area contributed by atoms with Gasteiger partial charge in [-0.05, 0) is 23.3 Å². The van der Waals surface area contributed by atoms with Crippen molar-refractivity contribution >= 4 is 5.69 Å². The van der Waals surface area contributed by atoms with Crippen molar-refractivity contribution in [3.05, 3.63) is 99.6 Å². The summed E-state index contributed by atoms with van der Waals surface area (Å²) in [5.41, 5.74) is 2.62. The summed E-state index contributed by atoms with van der Waals surface area (Å²) in [7, 11) is 0. The Morgan fingerprint density at radius 3 is 2.46 bits per heavy atom. The van der Waals surface area contributed by atoms with Gasteiger partial charge in [-0.15, -0.1) is 0 Å². The van der Waals surface area contributed by atoms with E-state index in [0.29, 0.717) is 6.61 Å². The number of hydrogen-bond donors (Lipinski definition) is 1. The number of phenolic OH excluding ortho intramolecular Hbond substituents is 1. The average molecular weight is 347 g/mol. The van der Waals surface area contributed by atoms with Crippen LogP contribution in [0.3, 0.4) is 0 Å². The predicted molar refractivity (Wildman–Crippen MR) is 97.7 cm³/mol. The highest BCUT2D eigenvalue weighted by molar-refractivity contribution is 5.53. The van der Waals surface area contributed by atoms with Crippen molar-refractivity contribution in [2.75, 3.05) is 6.61 Å². The first-order valence-corrected chi connectivity index (χ1v) is 8.39. The molecular weight excluding hydrogens is 330 g/mol. The van der Waals surface area contributed by atoms with Crippen molar-refractivity contribution in [3.8, 4) is 11.5 Å². The number of aromatic hydroxyl groups is 1. The maximum atomic E-state index is 11.3. The van der Waals surface area contributed by atoms with E-state index in [-0.39, 0.29) is 23.3 Å². The van der Waals surface area contributed by atoms with Crippen LogP contribution in [-0.2, 0) is 0 Å². The van der Waals surface area contributed by atoms with E-state index < -0.39 is 4.92 Å². The quantitative estimate of drug-likeness (QED) is 0.555. The van der Waals surface area contributed by atoms with Gasteiger partial charge in [-0.2, -0.15) is 0 Å². The Morgan fingerprint density at radius 1 is 0.962 bits per heavy atom. The molecule has 0 spiro atoms. The smallest absolute Gasteiger partial charge is 0.310 e. The van der Waals surface area contributed by atoms with Gasteiger partial charge in [0.05, 0.1) is 11.5 Å². The van der Waals surface area contributed by atoms with Crippen molar-refractivity contribution < 1.29 is 14.8 Å². The van der Waals surface area contributed by atoms with Crippen LogP contribution < -0.4 is 4.74 Å². The molecule has 3 aromatic rings. The second-order valence-electron chi connectivity index (χ2n) is 6.35. The molecule has 1 aliphatic heterocycles. The molecule has 5 nitrogen and oxygen atoms in total. The third-order valence-electron chi connectivity index (χ3n) is 4.86. The zero-order chi connectivity index (χ0) is 18.1. The number of nitro groups is 1. The summed E-state index contributed by atoms with van der Waals surface area (Å²) in [6.45, 7) is 0.486. The minimum atomic E-state index is -0.554. The molecule has 0 amide bonds. The van der Waals surface area contributed by atoms with Gasteiger partial charge >= 0.3 is 5.69 Å². The van der Waals surface area contributed by atoms with Gasteiger partial charge in [0, 0.05) is 23.5 Å². The maximum Gasteiger partial charge on any atom is 0.310 e. The van der Waals surface area contributed by atoms with Crippen LogP contribution in [0.4, 0.5) is 5.69 Å². The largest absolute Gasteiger partial charge is 0.502 e. The van der Waals surface area contributed by atoms with Crippen molar-refractivity contribution in [2.45, 2.75) is 11.8 Å². The lowest BCUT2D eigenvalue weighted by Crippen LogP contribution is -2.25. The van der Waals surface area contributed by atoms with Crippen molar-refractivity contribution in [1.82, 2.24) is 0 Å². The Bertz CT molecular complexity index is 955. The van der Waals surface area contributed by atoms with Crippen molar-refractivity contribution in [3.63, 3.8) is 0 Å². The van der Waals surface area contributed by atoms with Crippen LogP contribution in [0.1, 0.15) is 28.5 Å². The Balaban J connectivity index is 1.88.